The lowest BCUT2D eigenvalue weighted by Gasteiger charge is -2.08. The van der Waals surface area contributed by atoms with E-state index >= 15 is 0 Å². The van der Waals surface area contributed by atoms with Crippen molar-refractivity contribution in [1.29, 1.82) is 5.26 Å². The number of aryl methyl sites for hydroxylation is 1. The van der Waals surface area contributed by atoms with Gasteiger partial charge in [0.2, 0.25) is 5.91 Å². The first-order valence-corrected chi connectivity index (χ1v) is 12.9. The number of carbonyl (C=O) groups excluding carboxylic acids is 1. The SMILES string of the molecule is N#Cc1c(NC(=O)CSc2nnc(-c3cccs3)n2C2CC2)sc2c1CCCCC2. The van der Waals surface area contributed by atoms with Gasteiger partial charge in [-0.05, 0) is 55.5 Å². The Morgan fingerprint density at radius 3 is 2.93 bits per heavy atom. The summed E-state index contributed by atoms with van der Waals surface area (Å²) in [4.78, 5) is 15.0. The minimum absolute atomic E-state index is 0.101. The Balaban J connectivity index is 1.29. The summed E-state index contributed by atoms with van der Waals surface area (Å²) >= 11 is 4.64. The number of nitriles is 1. The number of rotatable bonds is 6. The fraction of sp³-hybridized carbons (Fsp3) is 0.429. The molecule has 0 spiro atoms. The van der Waals surface area contributed by atoms with E-state index in [2.05, 4.69) is 32.2 Å². The van der Waals surface area contributed by atoms with Crippen molar-refractivity contribution in [2.75, 3.05) is 11.1 Å². The third-order valence-corrected chi connectivity index (χ3v) is 8.45. The highest BCUT2D eigenvalue weighted by atomic mass is 32.2. The van der Waals surface area contributed by atoms with Crippen LogP contribution in [0.1, 0.15) is 54.1 Å². The predicted octanol–water partition coefficient (Wildman–Crippen LogP) is 5.27. The van der Waals surface area contributed by atoms with E-state index in [-0.39, 0.29) is 11.7 Å². The van der Waals surface area contributed by atoms with Gasteiger partial charge in [0, 0.05) is 10.9 Å². The Kier molecular flexibility index (Phi) is 5.63. The van der Waals surface area contributed by atoms with Gasteiger partial charge in [-0.2, -0.15) is 5.26 Å². The number of carbonyl (C=O) groups is 1. The summed E-state index contributed by atoms with van der Waals surface area (Å²) in [5.41, 5.74) is 1.81. The van der Waals surface area contributed by atoms with Gasteiger partial charge in [0.05, 0.1) is 16.2 Å². The van der Waals surface area contributed by atoms with Crippen molar-refractivity contribution < 1.29 is 4.79 Å². The van der Waals surface area contributed by atoms with E-state index in [4.69, 9.17) is 0 Å². The zero-order chi connectivity index (χ0) is 20.5. The van der Waals surface area contributed by atoms with Crippen molar-refractivity contribution in [3.8, 4) is 16.8 Å². The Morgan fingerprint density at radius 2 is 2.17 bits per heavy atom. The summed E-state index contributed by atoms with van der Waals surface area (Å²) in [6, 6.07) is 6.83. The van der Waals surface area contributed by atoms with E-state index in [0.29, 0.717) is 16.6 Å². The molecule has 0 saturated heterocycles. The number of hydrogen-bond donors (Lipinski definition) is 1. The Morgan fingerprint density at radius 1 is 1.30 bits per heavy atom. The third-order valence-electron chi connectivity index (χ3n) is 5.44. The number of aromatic nitrogens is 3. The second kappa shape index (κ2) is 8.53. The molecule has 0 bridgehead atoms. The van der Waals surface area contributed by atoms with Crippen molar-refractivity contribution in [2.45, 2.75) is 56.1 Å². The molecule has 0 atom stereocenters. The van der Waals surface area contributed by atoms with Crippen LogP contribution in [0.15, 0.2) is 22.7 Å². The number of hydrogen-bond acceptors (Lipinski definition) is 7. The molecule has 30 heavy (non-hydrogen) atoms. The van der Waals surface area contributed by atoms with Crippen LogP contribution in [0.2, 0.25) is 0 Å². The Labute approximate surface area is 187 Å². The van der Waals surface area contributed by atoms with Crippen molar-refractivity contribution in [3.05, 3.63) is 33.5 Å². The molecular weight excluding hydrogens is 434 g/mol. The quantitative estimate of drug-likeness (QED) is 0.404. The van der Waals surface area contributed by atoms with Gasteiger partial charge in [0.1, 0.15) is 11.1 Å². The van der Waals surface area contributed by atoms with Crippen LogP contribution in [0.4, 0.5) is 5.00 Å². The topological polar surface area (TPSA) is 83.6 Å². The summed E-state index contributed by atoms with van der Waals surface area (Å²) < 4.78 is 2.18. The summed E-state index contributed by atoms with van der Waals surface area (Å²) in [6.07, 6.45) is 7.69. The number of anilines is 1. The molecule has 1 fully saturated rings. The molecule has 1 amide bonds. The van der Waals surface area contributed by atoms with Gasteiger partial charge in [-0.25, -0.2) is 0 Å². The molecule has 9 heteroatoms. The fourth-order valence-electron chi connectivity index (χ4n) is 3.85. The first kappa shape index (κ1) is 19.8. The van der Waals surface area contributed by atoms with Crippen LogP contribution in [0.3, 0.4) is 0 Å². The lowest BCUT2D eigenvalue weighted by molar-refractivity contribution is -0.113. The Hall–Kier alpha value is -2.15. The molecule has 0 aromatic carbocycles. The molecule has 0 aliphatic heterocycles. The molecule has 6 nitrogen and oxygen atoms in total. The zero-order valence-corrected chi connectivity index (χ0v) is 18.8. The summed E-state index contributed by atoms with van der Waals surface area (Å²) in [6.45, 7) is 0. The molecule has 5 rings (SSSR count). The van der Waals surface area contributed by atoms with Gasteiger partial charge in [-0.15, -0.1) is 32.9 Å². The first-order chi connectivity index (χ1) is 14.7. The number of thiophene rings is 2. The van der Waals surface area contributed by atoms with Crippen LogP contribution in [0.25, 0.3) is 10.7 Å². The van der Waals surface area contributed by atoms with Gasteiger partial charge in [-0.3, -0.25) is 9.36 Å². The average Bonchev–Trinajstić information content (AvgIpc) is 3.20. The highest BCUT2D eigenvalue weighted by molar-refractivity contribution is 7.99. The molecule has 0 radical (unpaired) electrons. The van der Waals surface area contributed by atoms with Crippen molar-refractivity contribution >= 4 is 45.3 Å². The van der Waals surface area contributed by atoms with Crippen LogP contribution in [0, 0.1) is 11.3 Å². The van der Waals surface area contributed by atoms with Crippen LogP contribution >= 0.6 is 34.4 Å². The van der Waals surface area contributed by atoms with E-state index in [0.717, 1.165) is 59.9 Å². The van der Waals surface area contributed by atoms with Crippen molar-refractivity contribution in [3.63, 3.8) is 0 Å². The second-order valence-electron chi connectivity index (χ2n) is 7.60. The smallest absolute Gasteiger partial charge is 0.235 e. The minimum atomic E-state index is -0.101. The van der Waals surface area contributed by atoms with Crippen LogP contribution in [-0.4, -0.2) is 26.4 Å². The largest absolute Gasteiger partial charge is 0.316 e. The van der Waals surface area contributed by atoms with Crippen molar-refractivity contribution in [1.82, 2.24) is 14.8 Å². The molecule has 3 aromatic rings. The molecule has 3 aromatic heterocycles. The molecule has 1 saturated carbocycles. The van der Waals surface area contributed by atoms with E-state index in [1.165, 1.54) is 23.1 Å². The highest BCUT2D eigenvalue weighted by Gasteiger charge is 2.30. The van der Waals surface area contributed by atoms with Gasteiger partial charge in [-0.1, -0.05) is 24.2 Å². The highest BCUT2D eigenvalue weighted by Crippen LogP contribution is 2.42. The van der Waals surface area contributed by atoms with Crippen molar-refractivity contribution in [2.24, 2.45) is 0 Å². The van der Waals surface area contributed by atoms with Crippen LogP contribution in [-0.2, 0) is 17.6 Å². The van der Waals surface area contributed by atoms with E-state index < -0.39 is 0 Å². The maximum atomic E-state index is 12.7. The van der Waals surface area contributed by atoms with Gasteiger partial charge in [0.15, 0.2) is 11.0 Å². The zero-order valence-electron chi connectivity index (χ0n) is 16.4. The lowest BCUT2D eigenvalue weighted by atomic mass is 10.1. The number of thioether (sulfide) groups is 1. The number of nitrogens with one attached hydrogen (secondary N) is 1. The summed E-state index contributed by atoms with van der Waals surface area (Å²) in [5, 5.41) is 24.9. The summed E-state index contributed by atoms with van der Waals surface area (Å²) in [7, 11) is 0. The molecule has 2 aliphatic carbocycles. The summed E-state index contributed by atoms with van der Waals surface area (Å²) in [5.74, 6) is 1.04. The number of amides is 1. The standard InChI is InChI=1S/C21H21N5OS3/c22-11-15-14-5-2-1-3-6-16(14)30-20(15)23-18(27)12-29-21-25-24-19(17-7-4-10-28-17)26(21)13-8-9-13/h4,7,10,13H,1-3,5-6,8-9,12H2,(H,23,27). The van der Waals surface area contributed by atoms with Crippen LogP contribution < -0.4 is 5.32 Å². The van der Waals surface area contributed by atoms with Gasteiger partial charge >= 0.3 is 0 Å². The van der Waals surface area contributed by atoms with E-state index in [1.807, 2.05) is 11.4 Å². The van der Waals surface area contributed by atoms with Gasteiger partial charge < -0.3 is 5.32 Å². The number of fused-ring (bicyclic) bond motifs is 1. The molecule has 3 heterocycles. The fourth-order valence-corrected chi connectivity index (χ4v) is 6.62. The Bertz CT molecular complexity index is 1100. The average molecular weight is 456 g/mol. The number of nitrogens with zero attached hydrogens (tertiary/aromatic N) is 4. The molecule has 154 valence electrons. The normalized spacial score (nSPS) is 16.0. The second-order valence-corrected chi connectivity index (χ2v) is 10.6. The maximum absolute atomic E-state index is 12.7. The van der Waals surface area contributed by atoms with E-state index in [1.54, 1.807) is 22.7 Å². The van der Waals surface area contributed by atoms with E-state index in [9.17, 15) is 10.1 Å². The molecule has 1 N–H and O–H groups in total. The lowest BCUT2D eigenvalue weighted by Crippen LogP contribution is -2.14. The monoisotopic (exact) mass is 455 g/mol. The van der Waals surface area contributed by atoms with Crippen LogP contribution in [0.5, 0.6) is 0 Å². The maximum Gasteiger partial charge on any atom is 0.235 e. The third kappa shape index (κ3) is 3.92. The minimum Gasteiger partial charge on any atom is -0.316 e. The molecule has 0 unspecified atom stereocenters. The molecule has 2 aliphatic rings. The first-order valence-electron chi connectivity index (χ1n) is 10.2. The van der Waals surface area contributed by atoms with Gasteiger partial charge in [0.25, 0.3) is 0 Å². The predicted molar refractivity (Wildman–Crippen MR) is 121 cm³/mol. The molecular formula is C21H21N5OS3.